The lowest BCUT2D eigenvalue weighted by atomic mass is 9.93. The number of carbonyl (C=O) groups excluding carboxylic acids is 1. The summed E-state index contributed by atoms with van der Waals surface area (Å²) < 4.78 is 11.5. The Labute approximate surface area is 107 Å². The van der Waals surface area contributed by atoms with E-state index in [2.05, 4.69) is 5.10 Å². The highest BCUT2D eigenvalue weighted by Gasteiger charge is 2.32. The van der Waals surface area contributed by atoms with Gasteiger partial charge in [0.25, 0.3) is 0 Å². The van der Waals surface area contributed by atoms with Crippen LogP contribution in [0.5, 0.6) is 5.88 Å². The van der Waals surface area contributed by atoms with Crippen molar-refractivity contribution in [3.8, 4) is 5.88 Å². The summed E-state index contributed by atoms with van der Waals surface area (Å²) in [5, 5.41) is 14.5. The minimum absolute atomic E-state index is 0.435. The van der Waals surface area contributed by atoms with E-state index in [4.69, 9.17) is 9.47 Å². The quantitative estimate of drug-likeness (QED) is 0.795. The van der Waals surface area contributed by atoms with Gasteiger partial charge in [-0.2, -0.15) is 5.10 Å². The fourth-order valence-corrected chi connectivity index (χ4v) is 2.11. The van der Waals surface area contributed by atoms with E-state index in [0.29, 0.717) is 23.6 Å². The number of rotatable bonds is 5. The summed E-state index contributed by atoms with van der Waals surface area (Å²) >= 11 is 0. The van der Waals surface area contributed by atoms with E-state index >= 15 is 0 Å². The molecule has 6 heteroatoms. The van der Waals surface area contributed by atoms with Crippen molar-refractivity contribution in [3.05, 3.63) is 11.3 Å². The zero-order valence-electron chi connectivity index (χ0n) is 11.4. The number of hydrogen-bond donors (Lipinski definition) is 1. The summed E-state index contributed by atoms with van der Waals surface area (Å²) in [5.74, 6) is -0.593. The van der Waals surface area contributed by atoms with Crippen molar-refractivity contribution in [2.45, 2.75) is 26.4 Å². The Morgan fingerprint density at radius 3 is 2.56 bits per heavy atom. The van der Waals surface area contributed by atoms with Crippen LogP contribution in [0.4, 0.5) is 0 Å². The molecule has 0 aliphatic rings. The molecule has 2 atom stereocenters. The zero-order chi connectivity index (χ0) is 13.9. The fourth-order valence-electron chi connectivity index (χ4n) is 2.11. The van der Waals surface area contributed by atoms with Crippen LogP contribution in [0.15, 0.2) is 0 Å². The molecule has 18 heavy (non-hydrogen) atoms. The molecule has 1 heterocycles. The van der Waals surface area contributed by atoms with E-state index in [-0.39, 0.29) is 0 Å². The number of esters is 1. The predicted molar refractivity (Wildman–Crippen MR) is 65.3 cm³/mol. The van der Waals surface area contributed by atoms with Crippen molar-refractivity contribution in [1.82, 2.24) is 9.78 Å². The second kappa shape index (κ2) is 5.86. The monoisotopic (exact) mass is 256 g/mol. The molecule has 0 radical (unpaired) electrons. The van der Waals surface area contributed by atoms with Gasteiger partial charge in [-0.3, -0.25) is 4.79 Å². The molecule has 0 fully saturated rings. The largest absolute Gasteiger partial charge is 0.481 e. The normalized spacial score (nSPS) is 14.1. The third-order valence-electron chi connectivity index (χ3n) is 3.03. The van der Waals surface area contributed by atoms with Crippen LogP contribution in [0.25, 0.3) is 0 Å². The molecule has 0 aliphatic carbocycles. The lowest BCUT2D eigenvalue weighted by molar-refractivity contribution is -0.149. The van der Waals surface area contributed by atoms with Crippen molar-refractivity contribution in [1.29, 1.82) is 0 Å². The molecule has 1 aromatic rings. The Morgan fingerprint density at radius 1 is 1.50 bits per heavy atom. The van der Waals surface area contributed by atoms with Gasteiger partial charge in [0, 0.05) is 7.05 Å². The average molecular weight is 256 g/mol. The molecule has 1 N–H and O–H groups in total. The second-order valence-corrected chi connectivity index (χ2v) is 4.11. The maximum Gasteiger partial charge on any atom is 0.311 e. The Bertz CT molecular complexity index is 428. The number of aryl methyl sites for hydroxylation is 2. The molecule has 0 amide bonds. The highest BCUT2D eigenvalue weighted by Crippen LogP contribution is 2.34. The number of carbonyl (C=O) groups is 1. The first-order valence-corrected chi connectivity index (χ1v) is 5.81. The van der Waals surface area contributed by atoms with E-state index in [9.17, 15) is 9.90 Å². The lowest BCUT2D eigenvalue weighted by Crippen LogP contribution is -2.23. The Hall–Kier alpha value is -1.56. The Kier molecular flexibility index (Phi) is 4.72. The third kappa shape index (κ3) is 2.48. The number of aliphatic hydroxyl groups excluding tert-OH is 1. The summed E-state index contributed by atoms with van der Waals surface area (Å²) in [5.41, 5.74) is 1.18. The van der Waals surface area contributed by atoms with Crippen molar-refractivity contribution in [2.75, 3.05) is 14.2 Å². The Morgan fingerprint density at radius 2 is 2.11 bits per heavy atom. The molecule has 102 valence electrons. The standard InChI is InChI=1S/C12H20N2O4/c1-6-8(12(16)18-5)10(15)9-7(2)13-14(3)11(9)17-4/h8,10,15H,6H2,1-5H3. The van der Waals surface area contributed by atoms with Gasteiger partial charge in [-0.05, 0) is 13.3 Å². The first kappa shape index (κ1) is 14.5. The summed E-state index contributed by atoms with van der Waals surface area (Å²) in [6.07, 6.45) is -0.503. The van der Waals surface area contributed by atoms with Crippen LogP contribution in [0.1, 0.15) is 30.7 Å². The number of aliphatic hydroxyl groups is 1. The van der Waals surface area contributed by atoms with E-state index in [0.717, 1.165) is 0 Å². The van der Waals surface area contributed by atoms with Crippen LogP contribution in [-0.2, 0) is 16.6 Å². The van der Waals surface area contributed by atoms with Gasteiger partial charge in [-0.15, -0.1) is 0 Å². The van der Waals surface area contributed by atoms with Gasteiger partial charge < -0.3 is 14.6 Å². The Balaban J connectivity index is 3.16. The van der Waals surface area contributed by atoms with Gasteiger partial charge in [-0.1, -0.05) is 6.92 Å². The van der Waals surface area contributed by atoms with Crippen LogP contribution in [0.2, 0.25) is 0 Å². The molecule has 0 saturated heterocycles. The van der Waals surface area contributed by atoms with Crippen molar-refractivity contribution >= 4 is 5.97 Å². The summed E-state index contributed by atoms with van der Waals surface area (Å²) in [4.78, 5) is 11.6. The zero-order valence-corrected chi connectivity index (χ0v) is 11.4. The second-order valence-electron chi connectivity index (χ2n) is 4.11. The first-order valence-electron chi connectivity index (χ1n) is 5.81. The maximum absolute atomic E-state index is 11.6. The van der Waals surface area contributed by atoms with Crippen LogP contribution < -0.4 is 4.74 Å². The SMILES string of the molecule is CCC(C(=O)OC)C(O)c1c(C)nn(C)c1OC. The van der Waals surface area contributed by atoms with Crippen LogP contribution >= 0.6 is 0 Å². The molecular formula is C12H20N2O4. The fraction of sp³-hybridized carbons (Fsp3) is 0.667. The molecule has 0 aromatic carbocycles. The highest BCUT2D eigenvalue weighted by molar-refractivity contribution is 5.73. The number of aromatic nitrogens is 2. The van der Waals surface area contributed by atoms with Crippen molar-refractivity contribution in [3.63, 3.8) is 0 Å². The van der Waals surface area contributed by atoms with Gasteiger partial charge in [0.15, 0.2) is 0 Å². The summed E-state index contributed by atoms with van der Waals surface area (Å²) in [6.45, 7) is 3.59. The molecule has 6 nitrogen and oxygen atoms in total. The number of ether oxygens (including phenoxy) is 2. The summed E-state index contributed by atoms with van der Waals surface area (Å²) in [6, 6.07) is 0. The number of nitrogens with zero attached hydrogens (tertiary/aromatic N) is 2. The smallest absolute Gasteiger partial charge is 0.311 e. The minimum atomic E-state index is -0.980. The molecule has 0 saturated carbocycles. The van der Waals surface area contributed by atoms with Crippen molar-refractivity contribution in [2.24, 2.45) is 13.0 Å². The van der Waals surface area contributed by atoms with E-state index in [1.54, 1.807) is 14.0 Å². The molecule has 0 aliphatic heterocycles. The molecule has 1 rings (SSSR count). The predicted octanol–water partition coefficient (Wildman–Crippen LogP) is 0.970. The third-order valence-corrected chi connectivity index (χ3v) is 3.03. The molecule has 1 aromatic heterocycles. The molecule has 0 spiro atoms. The van der Waals surface area contributed by atoms with E-state index in [1.165, 1.54) is 18.9 Å². The first-order chi connectivity index (χ1) is 8.47. The average Bonchev–Trinajstić information content (AvgIpc) is 2.63. The van der Waals surface area contributed by atoms with Gasteiger partial charge >= 0.3 is 5.97 Å². The maximum atomic E-state index is 11.6. The highest BCUT2D eigenvalue weighted by atomic mass is 16.5. The molecular weight excluding hydrogens is 236 g/mol. The summed E-state index contributed by atoms with van der Waals surface area (Å²) in [7, 11) is 4.54. The molecule has 2 unspecified atom stereocenters. The van der Waals surface area contributed by atoms with Gasteiger partial charge in [0.1, 0.15) is 0 Å². The lowest BCUT2D eigenvalue weighted by Gasteiger charge is -2.19. The number of hydrogen-bond acceptors (Lipinski definition) is 5. The van der Waals surface area contributed by atoms with Gasteiger partial charge in [-0.25, -0.2) is 4.68 Å². The van der Waals surface area contributed by atoms with Crippen molar-refractivity contribution < 1.29 is 19.4 Å². The van der Waals surface area contributed by atoms with Gasteiger partial charge in [0.2, 0.25) is 5.88 Å². The topological polar surface area (TPSA) is 73.6 Å². The molecule has 0 bridgehead atoms. The minimum Gasteiger partial charge on any atom is -0.481 e. The van der Waals surface area contributed by atoms with E-state index in [1.807, 2.05) is 6.92 Å². The van der Waals surface area contributed by atoms with Crippen LogP contribution in [0, 0.1) is 12.8 Å². The van der Waals surface area contributed by atoms with E-state index < -0.39 is 18.0 Å². The van der Waals surface area contributed by atoms with Gasteiger partial charge in [0.05, 0.1) is 37.5 Å². The van der Waals surface area contributed by atoms with Crippen LogP contribution in [-0.4, -0.2) is 35.1 Å². The van der Waals surface area contributed by atoms with Crippen LogP contribution in [0.3, 0.4) is 0 Å². The number of methoxy groups -OCH3 is 2.